The van der Waals surface area contributed by atoms with Crippen molar-refractivity contribution in [2.75, 3.05) is 0 Å². The van der Waals surface area contributed by atoms with Crippen molar-refractivity contribution in [3.8, 4) is 11.4 Å². The second kappa shape index (κ2) is 4.49. The molecule has 19 heavy (non-hydrogen) atoms. The van der Waals surface area contributed by atoms with Gasteiger partial charge in [-0.1, -0.05) is 28.1 Å². The summed E-state index contributed by atoms with van der Waals surface area (Å²) >= 11 is 3.57. The van der Waals surface area contributed by atoms with Gasteiger partial charge in [-0.3, -0.25) is 0 Å². The van der Waals surface area contributed by atoms with Gasteiger partial charge in [-0.15, -0.1) is 0 Å². The van der Waals surface area contributed by atoms with Crippen LogP contribution < -0.4 is 0 Å². The fourth-order valence-electron chi connectivity index (χ4n) is 2.15. The van der Waals surface area contributed by atoms with Crippen LogP contribution in [0, 0.1) is 20.8 Å². The number of aromatic nitrogens is 2. The molecule has 0 bridgehead atoms. The molecule has 0 atom stereocenters. The number of benzene rings is 2. The number of rotatable bonds is 1. The highest BCUT2D eigenvalue weighted by atomic mass is 79.9. The van der Waals surface area contributed by atoms with Gasteiger partial charge in [0.15, 0.2) is 0 Å². The summed E-state index contributed by atoms with van der Waals surface area (Å²) in [5, 5.41) is 0. The average Bonchev–Trinajstić information content (AvgIpc) is 2.76. The first-order valence-corrected chi connectivity index (χ1v) is 7.07. The molecule has 0 spiro atoms. The molecule has 1 heterocycles. The molecular weight excluding hydrogens is 300 g/mol. The van der Waals surface area contributed by atoms with Crippen LogP contribution in [0.1, 0.15) is 16.7 Å². The molecule has 3 rings (SSSR count). The lowest BCUT2D eigenvalue weighted by atomic mass is 10.1. The molecular formula is C16H15BrN2. The van der Waals surface area contributed by atoms with E-state index in [1.54, 1.807) is 0 Å². The normalized spacial score (nSPS) is 11.2. The summed E-state index contributed by atoms with van der Waals surface area (Å²) in [4.78, 5) is 8.07. The molecule has 2 nitrogen and oxygen atoms in total. The van der Waals surface area contributed by atoms with Crippen LogP contribution in [0.25, 0.3) is 22.4 Å². The fourth-order valence-corrected chi connectivity index (χ4v) is 2.53. The number of aromatic amines is 1. The lowest BCUT2D eigenvalue weighted by Crippen LogP contribution is -1.82. The summed E-state index contributed by atoms with van der Waals surface area (Å²) in [6.07, 6.45) is 0. The second-order valence-corrected chi connectivity index (χ2v) is 5.86. The third kappa shape index (κ3) is 2.19. The summed E-state index contributed by atoms with van der Waals surface area (Å²) in [5.74, 6) is 0.917. The molecule has 2 aromatic carbocycles. The van der Waals surface area contributed by atoms with E-state index in [4.69, 9.17) is 0 Å². The SMILES string of the molecule is Cc1cc2nc(-c3ccc(C)c(Br)c3)[nH]c2cc1C. The van der Waals surface area contributed by atoms with Gasteiger partial charge in [0.2, 0.25) is 0 Å². The third-order valence-electron chi connectivity index (χ3n) is 3.54. The van der Waals surface area contributed by atoms with E-state index in [-0.39, 0.29) is 0 Å². The average molecular weight is 315 g/mol. The van der Waals surface area contributed by atoms with Gasteiger partial charge in [0.1, 0.15) is 5.82 Å². The van der Waals surface area contributed by atoms with E-state index in [9.17, 15) is 0 Å². The number of aryl methyl sites for hydroxylation is 3. The summed E-state index contributed by atoms with van der Waals surface area (Å²) in [5.41, 5.74) is 7.00. The Balaban J connectivity index is 2.17. The number of halogens is 1. The Morgan fingerprint density at radius 2 is 1.68 bits per heavy atom. The van der Waals surface area contributed by atoms with Crippen molar-refractivity contribution < 1.29 is 0 Å². The summed E-state index contributed by atoms with van der Waals surface area (Å²) in [6, 6.07) is 10.6. The Hall–Kier alpha value is -1.61. The topological polar surface area (TPSA) is 28.7 Å². The van der Waals surface area contributed by atoms with Crippen LogP contribution >= 0.6 is 15.9 Å². The van der Waals surface area contributed by atoms with Crippen LogP contribution in [-0.4, -0.2) is 9.97 Å². The minimum Gasteiger partial charge on any atom is -0.338 e. The minimum absolute atomic E-state index is 0.917. The van der Waals surface area contributed by atoms with Gasteiger partial charge in [0.25, 0.3) is 0 Å². The number of hydrogen-bond acceptors (Lipinski definition) is 1. The van der Waals surface area contributed by atoms with Crippen molar-refractivity contribution in [3.05, 3.63) is 51.5 Å². The molecule has 96 valence electrons. The molecule has 3 heteroatoms. The molecule has 0 unspecified atom stereocenters. The molecule has 0 saturated heterocycles. The zero-order valence-electron chi connectivity index (χ0n) is 11.2. The molecule has 0 amide bonds. The molecule has 3 aromatic rings. The minimum atomic E-state index is 0.917. The van der Waals surface area contributed by atoms with Crippen molar-refractivity contribution in [2.45, 2.75) is 20.8 Å². The predicted molar refractivity (Wildman–Crippen MR) is 83.4 cm³/mol. The number of fused-ring (bicyclic) bond motifs is 1. The Morgan fingerprint density at radius 3 is 2.42 bits per heavy atom. The summed E-state index contributed by atoms with van der Waals surface area (Å²) in [7, 11) is 0. The van der Waals surface area contributed by atoms with E-state index in [1.165, 1.54) is 16.7 Å². The maximum Gasteiger partial charge on any atom is 0.138 e. The second-order valence-electron chi connectivity index (χ2n) is 5.00. The van der Waals surface area contributed by atoms with Crippen LogP contribution in [0.15, 0.2) is 34.8 Å². The Kier molecular flexibility index (Phi) is 2.94. The lowest BCUT2D eigenvalue weighted by Gasteiger charge is -2.00. The third-order valence-corrected chi connectivity index (χ3v) is 4.40. The highest BCUT2D eigenvalue weighted by molar-refractivity contribution is 9.10. The van der Waals surface area contributed by atoms with Crippen LogP contribution in [0.4, 0.5) is 0 Å². The van der Waals surface area contributed by atoms with Crippen LogP contribution in [0.2, 0.25) is 0 Å². The fraction of sp³-hybridized carbons (Fsp3) is 0.188. The van der Waals surface area contributed by atoms with E-state index in [0.717, 1.165) is 26.9 Å². The van der Waals surface area contributed by atoms with Crippen molar-refractivity contribution >= 4 is 27.0 Å². The maximum atomic E-state index is 4.68. The standard InChI is InChI=1S/C16H15BrN2/c1-9-4-5-12(8-13(9)17)16-18-14-6-10(2)11(3)7-15(14)19-16/h4-8H,1-3H3,(H,18,19). The van der Waals surface area contributed by atoms with Crippen molar-refractivity contribution in [1.29, 1.82) is 0 Å². The van der Waals surface area contributed by atoms with Gasteiger partial charge in [-0.05, 0) is 55.7 Å². The highest BCUT2D eigenvalue weighted by Gasteiger charge is 2.07. The maximum absolute atomic E-state index is 4.68. The molecule has 0 radical (unpaired) electrons. The molecule has 0 aliphatic heterocycles. The van der Waals surface area contributed by atoms with Gasteiger partial charge < -0.3 is 4.98 Å². The molecule has 1 aromatic heterocycles. The Bertz CT molecular complexity index is 733. The van der Waals surface area contributed by atoms with E-state index in [0.29, 0.717) is 0 Å². The van der Waals surface area contributed by atoms with Gasteiger partial charge in [-0.25, -0.2) is 4.98 Å². The van der Waals surface area contributed by atoms with E-state index < -0.39 is 0 Å². The molecule has 1 N–H and O–H groups in total. The molecule has 0 aliphatic carbocycles. The number of imidazole rings is 1. The quantitative estimate of drug-likeness (QED) is 0.678. The first-order chi connectivity index (χ1) is 9.04. The zero-order valence-corrected chi connectivity index (χ0v) is 12.8. The largest absolute Gasteiger partial charge is 0.338 e. The van der Waals surface area contributed by atoms with Gasteiger partial charge >= 0.3 is 0 Å². The first kappa shape index (κ1) is 12.4. The van der Waals surface area contributed by atoms with Crippen LogP contribution in [0.3, 0.4) is 0 Å². The molecule has 0 aliphatic rings. The monoisotopic (exact) mass is 314 g/mol. The van der Waals surface area contributed by atoms with Crippen LogP contribution in [-0.2, 0) is 0 Å². The number of nitrogens with zero attached hydrogens (tertiary/aromatic N) is 1. The first-order valence-electron chi connectivity index (χ1n) is 6.28. The van der Waals surface area contributed by atoms with Crippen molar-refractivity contribution in [2.24, 2.45) is 0 Å². The van der Waals surface area contributed by atoms with Gasteiger partial charge in [0, 0.05) is 10.0 Å². The van der Waals surface area contributed by atoms with Gasteiger partial charge in [0.05, 0.1) is 11.0 Å². The number of H-pyrrole nitrogens is 1. The smallest absolute Gasteiger partial charge is 0.138 e. The summed E-state index contributed by atoms with van der Waals surface area (Å²) in [6.45, 7) is 6.32. The summed E-state index contributed by atoms with van der Waals surface area (Å²) < 4.78 is 1.11. The van der Waals surface area contributed by atoms with Crippen LogP contribution in [0.5, 0.6) is 0 Å². The zero-order chi connectivity index (χ0) is 13.6. The number of hydrogen-bond donors (Lipinski definition) is 1. The Morgan fingerprint density at radius 1 is 0.947 bits per heavy atom. The molecule has 0 saturated carbocycles. The predicted octanol–water partition coefficient (Wildman–Crippen LogP) is 4.92. The Labute approximate surface area is 121 Å². The van der Waals surface area contributed by atoms with E-state index in [2.05, 4.69) is 77.0 Å². The molecule has 0 fully saturated rings. The van der Waals surface area contributed by atoms with E-state index in [1.807, 2.05) is 0 Å². The lowest BCUT2D eigenvalue weighted by molar-refractivity contribution is 1.32. The number of nitrogens with one attached hydrogen (secondary N) is 1. The van der Waals surface area contributed by atoms with E-state index >= 15 is 0 Å². The highest BCUT2D eigenvalue weighted by Crippen LogP contribution is 2.26. The van der Waals surface area contributed by atoms with Crippen molar-refractivity contribution in [1.82, 2.24) is 9.97 Å². The van der Waals surface area contributed by atoms with Crippen molar-refractivity contribution in [3.63, 3.8) is 0 Å². The van der Waals surface area contributed by atoms with Gasteiger partial charge in [-0.2, -0.15) is 0 Å².